The Bertz CT molecular complexity index is 1080. The molecular formula is C38H70N6O10. The summed E-state index contributed by atoms with van der Waals surface area (Å²) in [5.41, 5.74) is 3.15. The fourth-order valence-corrected chi connectivity index (χ4v) is 7.03. The van der Waals surface area contributed by atoms with E-state index in [0.717, 1.165) is 64.2 Å². The van der Waals surface area contributed by atoms with Crippen molar-refractivity contribution in [1.82, 2.24) is 31.4 Å². The van der Waals surface area contributed by atoms with Crippen molar-refractivity contribution in [2.24, 2.45) is 23.7 Å². The zero-order chi connectivity index (χ0) is 40.8. The number of hydroxylamine groups is 2. The zero-order valence-corrected chi connectivity index (χ0v) is 33.5. The number of unbranched alkanes of at least 4 members (excludes halogenated alkanes) is 4. The number of rotatable bonds is 22. The quantitative estimate of drug-likeness (QED) is 0.0455. The summed E-state index contributed by atoms with van der Waals surface area (Å²) in [5.74, 6) is -3.72. The molecule has 54 heavy (non-hydrogen) atoms. The Hall–Kier alpha value is -3.34. The van der Waals surface area contributed by atoms with Crippen molar-refractivity contribution in [1.29, 1.82) is 0 Å². The molecule has 2 saturated heterocycles. The number of carbonyl (C=O) groups is 6. The molecule has 0 aromatic rings. The molecule has 312 valence electrons. The first kappa shape index (κ1) is 48.7. The molecule has 0 unspecified atom stereocenters. The fourth-order valence-electron chi connectivity index (χ4n) is 7.03. The van der Waals surface area contributed by atoms with Crippen molar-refractivity contribution in [2.75, 3.05) is 26.3 Å². The van der Waals surface area contributed by atoms with E-state index in [1.807, 2.05) is 27.7 Å². The minimum absolute atomic E-state index is 0.0825. The first-order valence-electron chi connectivity index (χ1n) is 20.0. The fraction of sp³-hybridized carbons (Fsp3) is 0.842. The SMILES string of the molecule is CCCCC[C@@H](CC(=O)NO)C(=O)N[C@H](C(=O)N1CCC[C@H]1CO)C(C)C.CCCCC[C@H](CC(=O)NO)C(=O)N[C@H](C(=O)N1CCC[C@H]1CO)C(C)C. The van der Waals surface area contributed by atoms with Gasteiger partial charge in [0.15, 0.2) is 0 Å². The summed E-state index contributed by atoms with van der Waals surface area (Å²) in [6.45, 7) is 12.5. The van der Waals surface area contributed by atoms with E-state index in [-0.39, 0.29) is 73.6 Å². The molecule has 0 radical (unpaired) electrons. The van der Waals surface area contributed by atoms with Gasteiger partial charge in [-0.25, -0.2) is 11.0 Å². The minimum Gasteiger partial charge on any atom is -0.394 e. The van der Waals surface area contributed by atoms with E-state index in [4.69, 9.17) is 10.4 Å². The van der Waals surface area contributed by atoms with Gasteiger partial charge < -0.3 is 30.6 Å². The van der Waals surface area contributed by atoms with Crippen LogP contribution in [0.5, 0.6) is 0 Å². The number of aliphatic hydroxyl groups is 2. The summed E-state index contributed by atoms with van der Waals surface area (Å²) in [7, 11) is 0. The molecule has 0 aromatic heterocycles. The predicted octanol–water partition coefficient (Wildman–Crippen LogP) is 2.41. The summed E-state index contributed by atoms with van der Waals surface area (Å²) in [6, 6.07) is -1.79. The van der Waals surface area contributed by atoms with E-state index >= 15 is 0 Å². The third kappa shape index (κ3) is 16.2. The van der Waals surface area contributed by atoms with Gasteiger partial charge in [0.25, 0.3) is 0 Å². The second-order valence-electron chi connectivity index (χ2n) is 15.3. The molecular weight excluding hydrogens is 700 g/mol. The lowest BCUT2D eigenvalue weighted by Crippen LogP contribution is -2.54. The highest BCUT2D eigenvalue weighted by Gasteiger charge is 2.37. The molecule has 2 fully saturated rings. The molecule has 2 aliphatic heterocycles. The summed E-state index contributed by atoms with van der Waals surface area (Å²) in [4.78, 5) is 77.9. The number of hydrogen-bond donors (Lipinski definition) is 8. The second-order valence-corrected chi connectivity index (χ2v) is 15.3. The third-order valence-corrected chi connectivity index (χ3v) is 10.4. The number of nitrogens with one attached hydrogen (secondary N) is 4. The molecule has 16 heteroatoms. The summed E-state index contributed by atoms with van der Waals surface area (Å²) in [6.07, 6.45) is 9.49. The highest BCUT2D eigenvalue weighted by atomic mass is 16.5. The van der Waals surface area contributed by atoms with E-state index in [1.165, 1.54) is 0 Å². The van der Waals surface area contributed by atoms with E-state index in [9.17, 15) is 39.0 Å². The van der Waals surface area contributed by atoms with Crippen LogP contribution in [0.3, 0.4) is 0 Å². The van der Waals surface area contributed by atoms with E-state index in [2.05, 4.69) is 24.5 Å². The summed E-state index contributed by atoms with van der Waals surface area (Å²) >= 11 is 0. The van der Waals surface area contributed by atoms with Gasteiger partial charge in [-0.1, -0.05) is 80.1 Å². The van der Waals surface area contributed by atoms with Crippen molar-refractivity contribution in [3.8, 4) is 0 Å². The van der Waals surface area contributed by atoms with Crippen LogP contribution in [-0.2, 0) is 28.8 Å². The Labute approximate surface area is 321 Å². The van der Waals surface area contributed by atoms with Gasteiger partial charge in [0, 0.05) is 37.8 Å². The van der Waals surface area contributed by atoms with Crippen molar-refractivity contribution in [3.05, 3.63) is 0 Å². The van der Waals surface area contributed by atoms with E-state index in [0.29, 0.717) is 25.9 Å². The lowest BCUT2D eigenvalue weighted by Gasteiger charge is -2.31. The van der Waals surface area contributed by atoms with Crippen LogP contribution in [0.25, 0.3) is 0 Å². The molecule has 0 bridgehead atoms. The highest BCUT2D eigenvalue weighted by Crippen LogP contribution is 2.23. The summed E-state index contributed by atoms with van der Waals surface area (Å²) < 4.78 is 0. The molecule has 6 atom stereocenters. The molecule has 0 saturated carbocycles. The van der Waals surface area contributed by atoms with Crippen LogP contribution in [-0.4, -0.2) is 116 Å². The monoisotopic (exact) mass is 771 g/mol. The average molecular weight is 771 g/mol. The Morgan fingerprint density at radius 2 is 0.963 bits per heavy atom. The molecule has 6 amide bonds. The Morgan fingerprint density at radius 1 is 0.611 bits per heavy atom. The topological polar surface area (TPSA) is 238 Å². The largest absolute Gasteiger partial charge is 0.394 e. The van der Waals surface area contributed by atoms with Crippen molar-refractivity contribution < 1.29 is 49.4 Å². The molecule has 0 aliphatic carbocycles. The minimum atomic E-state index is -0.699. The molecule has 8 N–H and O–H groups in total. The summed E-state index contributed by atoms with van der Waals surface area (Å²) in [5, 5.41) is 42.1. The van der Waals surface area contributed by atoms with E-state index in [1.54, 1.807) is 20.8 Å². The molecule has 0 aromatic carbocycles. The number of aliphatic hydroxyl groups excluding tert-OH is 2. The van der Waals surface area contributed by atoms with Crippen molar-refractivity contribution in [2.45, 2.75) is 156 Å². The Balaban J connectivity index is 0.000000540. The zero-order valence-electron chi connectivity index (χ0n) is 33.5. The van der Waals surface area contributed by atoms with Gasteiger partial charge >= 0.3 is 0 Å². The van der Waals surface area contributed by atoms with Crippen LogP contribution in [0.4, 0.5) is 0 Å². The third-order valence-electron chi connectivity index (χ3n) is 10.4. The predicted molar refractivity (Wildman–Crippen MR) is 202 cm³/mol. The molecule has 2 rings (SSSR count). The molecule has 16 nitrogen and oxygen atoms in total. The maximum Gasteiger partial charge on any atom is 0.245 e. The maximum atomic E-state index is 12.9. The average Bonchev–Trinajstić information content (AvgIpc) is 3.84. The number of amides is 6. The van der Waals surface area contributed by atoms with Gasteiger partial charge in [0.2, 0.25) is 35.4 Å². The van der Waals surface area contributed by atoms with E-state index < -0.39 is 35.7 Å². The normalized spacial score (nSPS) is 19.0. The number of hydrogen-bond acceptors (Lipinski definition) is 10. The van der Waals surface area contributed by atoms with Gasteiger partial charge in [0.1, 0.15) is 12.1 Å². The van der Waals surface area contributed by atoms with Crippen LogP contribution >= 0.6 is 0 Å². The van der Waals surface area contributed by atoms with Crippen molar-refractivity contribution in [3.63, 3.8) is 0 Å². The lowest BCUT2D eigenvalue weighted by atomic mass is 9.94. The number of nitrogens with zero attached hydrogens (tertiary/aromatic N) is 2. The van der Waals surface area contributed by atoms with Crippen LogP contribution in [0.2, 0.25) is 0 Å². The van der Waals surface area contributed by atoms with Crippen LogP contribution < -0.4 is 21.6 Å². The first-order valence-corrected chi connectivity index (χ1v) is 20.0. The Kier molecular flexibility index (Phi) is 23.9. The lowest BCUT2D eigenvalue weighted by molar-refractivity contribution is -0.141. The second kappa shape index (κ2) is 26.5. The van der Waals surface area contributed by atoms with Crippen LogP contribution in [0.1, 0.15) is 131 Å². The standard InChI is InChI=1S/2C19H35N3O5/c2*1-4-5-6-8-14(11-16(24)21-27)18(25)20-17(13(2)3)19(26)22-10-7-9-15(22)12-23/h2*13-15,17,23,27H,4-12H2,1-3H3,(H,20,25)(H,21,24)/t14-,15+,17+;14-,15-,17-/m10/s1. The van der Waals surface area contributed by atoms with Crippen molar-refractivity contribution >= 4 is 35.4 Å². The smallest absolute Gasteiger partial charge is 0.245 e. The van der Waals surface area contributed by atoms with Gasteiger partial charge in [0.05, 0.1) is 25.3 Å². The highest BCUT2D eigenvalue weighted by molar-refractivity contribution is 5.92. The first-order chi connectivity index (χ1) is 25.7. The van der Waals surface area contributed by atoms with Gasteiger partial charge in [-0.2, -0.15) is 0 Å². The van der Waals surface area contributed by atoms with Gasteiger partial charge in [-0.05, 0) is 50.4 Å². The molecule has 0 spiro atoms. The molecule has 2 aliphatic rings. The Morgan fingerprint density at radius 3 is 1.24 bits per heavy atom. The van der Waals surface area contributed by atoms with Gasteiger partial charge in [-0.3, -0.25) is 39.2 Å². The number of likely N-dealkylation sites (tertiary alicyclic amines) is 2. The number of carbonyl (C=O) groups excluding carboxylic acids is 6. The van der Waals surface area contributed by atoms with Crippen LogP contribution in [0.15, 0.2) is 0 Å². The maximum absolute atomic E-state index is 12.9. The molecule has 2 heterocycles. The van der Waals surface area contributed by atoms with Crippen LogP contribution in [0, 0.1) is 23.7 Å². The van der Waals surface area contributed by atoms with Gasteiger partial charge in [-0.15, -0.1) is 0 Å².